The predicted octanol–water partition coefficient (Wildman–Crippen LogP) is 1.55. The number of para-hydroxylation sites is 1. The molecule has 3 nitrogen and oxygen atoms in total. The van der Waals surface area contributed by atoms with Crippen molar-refractivity contribution in [3.8, 4) is 0 Å². The van der Waals surface area contributed by atoms with Gasteiger partial charge in [0.15, 0.2) is 0 Å². The van der Waals surface area contributed by atoms with E-state index in [1.54, 1.807) is 18.2 Å². The highest BCUT2D eigenvalue weighted by Gasteiger charge is 2.46. The summed E-state index contributed by atoms with van der Waals surface area (Å²) in [5.41, 5.74) is -1.86. The van der Waals surface area contributed by atoms with Gasteiger partial charge in [0, 0.05) is 5.56 Å². The van der Waals surface area contributed by atoms with Gasteiger partial charge in [-0.25, -0.2) is 4.39 Å². The van der Waals surface area contributed by atoms with Crippen LogP contribution in [0, 0.1) is 0 Å². The predicted molar refractivity (Wildman–Crippen MR) is 48.9 cm³/mol. The minimum atomic E-state index is -2.45. The van der Waals surface area contributed by atoms with Crippen LogP contribution in [0.5, 0.6) is 0 Å². The average Bonchev–Trinajstić information content (AvgIpc) is 2.15. The Kier molecular flexibility index (Phi) is 1.67. The van der Waals surface area contributed by atoms with E-state index in [4.69, 9.17) is 0 Å². The quantitative estimate of drug-likeness (QED) is 0.635. The van der Waals surface area contributed by atoms with E-state index in [2.05, 4.69) is 5.32 Å². The molecule has 1 aromatic rings. The maximum atomic E-state index is 13.6. The molecule has 1 unspecified atom stereocenters. The average molecular weight is 193 g/mol. The van der Waals surface area contributed by atoms with Crippen LogP contribution < -0.4 is 5.32 Å². The second kappa shape index (κ2) is 2.64. The van der Waals surface area contributed by atoms with Gasteiger partial charge in [0.2, 0.25) is 11.5 Å². The molecule has 1 atom stereocenters. The fourth-order valence-corrected chi connectivity index (χ4v) is 1.39. The fourth-order valence-electron chi connectivity index (χ4n) is 1.39. The number of carbonyl (C=O) groups excluding carboxylic acids is 2. The summed E-state index contributed by atoms with van der Waals surface area (Å²) in [7, 11) is 0. The van der Waals surface area contributed by atoms with E-state index >= 15 is 0 Å². The zero-order valence-electron chi connectivity index (χ0n) is 7.50. The first-order chi connectivity index (χ1) is 6.53. The molecule has 1 amide bonds. The van der Waals surface area contributed by atoms with Crippen molar-refractivity contribution >= 4 is 17.4 Å². The Morgan fingerprint density at radius 1 is 1.29 bits per heavy atom. The molecule has 2 rings (SSSR count). The molecule has 1 aliphatic rings. The Hall–Kier alpha value is -1.71. The molecule has 0 bridgehead atoms. The Morgan fingerprint density at radius 3 is 2.64 bits per heavy atom. The van der Waals surface area contributed by atoms with Crippen LogP contribution in [0.15, 0.2) is 24.3 Å². The first-order valence-corrected chi connectivity index (χ1v) is 4.17. The number of benzene rings is 1. The number of ketones is 1. The van der Waals surface area contributed by atoms with Gasteiger partial charge in [-0.05, 0) is 19.1 Å². The van der Waals surface area contributed by atoms with Crippen LogP contribution in [0.3, 0.4) is 0 Å². The fraction of sp³-hybridized carbons (Fsp3) is 0.200. The van der Waals surface area contributed by atoms with Gasteiger partial charge in [0.1, 0.15) is 0 Å². The Morgan fingerprint density at radius 2 is 1.93 bits per heavy atom. The number of rotatable bonds is 0. The first-order valence-electron chi connectivity index (χ1n) is 4.17. The molecular weight excluding hydrogens is 185 g/mol. The Balaban J connectivity index is 2.61. The van der Waals surface area contributed by atoms with E-state index < -0.39 is 17.4 Å². The number of fused-ring (bicyclic) bond motifs is 1. The first kappa shape index (κ1) is 8.87. The molecule has 1 aromatic carbocycles. The number of carbonyl (C=O) groups is 2. The lowest BCUT2D eigenvalue weighted by Crippen LogP contribution is -2.47. The van der Waals surface area contributed by atoms with Crippen LogP contribution in [-0.2, 0) is 4.79 Å². The SMILES string of the molecule is CC1(F)C(=O)Nc2ccccc2C1=O. The van der Waals surface area contributed by atoms with Gasteiger partial charge in [-0.2, -0.15) is 0 Å². The molecule has 0 spiro atoms. The van der Waals surface area contributed by atoms with Gasteiger partial charge in [0.05, 0.1) is 5.69 Å². The van der Waals surface area contributed by atoms with Gasteiger partial charge >= 0.3 is 0 Å². The molecule has 72 valence electrons. The third-order valence-electron chi connectivity index (χ3n) is 2.27. The Bertz CT molecular complexity index is 426. The second-order valence-electron chi connectivity index (χ2n) is 3.33. The van der Waals surface area contributed by atoms with Gasteiger partial charge in [0.25, 0.3) is 5.91 Å². The molecule has 0 fully saturated rings. The van der Waals surface area contributed by atoms with Gasteiger partial charge in [-0.3, -0.25) is 9.59 Å². The van der Waals surface area contributed by atoms with Crippen molar-refractivity contribution in [3.63, 3.8) is 0 Å². The summed E-state index contributed by atoms with van der Waals surface area (Å²) in [5, 5.41) is 2.35. The molecule has 1 N–H and O–H groups in total. The number of nitrogens with one attached hydrogen (secondary N) is 1. The van der Waals surface area contributed by atoms with Gasteiger partial charge < -0.3 is 5.32 Å². The highest BCUT2D eigenvalue weighted by molar-refractivity contribution is 6.26. The molecule has 1 heterocycles. The zero-order chi connectivity index (χ0) is 10.3. The summed E-state index contributed by atoms with van der Waals surface area (Å²) in [6.45, 7) is 0.973. The smallest absolute Gasteiger partial charge is 0.269 e. The summed E-state index contributed by atoms with van der Waals surface area (Å²) >= 11 is 0. The van der Waals surface area contributed by atoms with E-state index in [9.17, 15) is 14.0 Å². The summed E-state index contributed by atoms with van der Waals surface area (Å²) in [5.74, 6) is -1.68. The number of anilines is 1. The van der Waals surface area contributed by atoms with Crippen molar-refractivity contribution in [2.75, 3.05) is 5.32 Å². The van der Waals surface area contributed by atoms with Crippen molar-refractivity contribution < 1.29 is 14.0 Å². The normalized spacial score (nSPS) is 25.6. The van der Waals surface area contributed by atoms with Crippen LogP contribution in [0.25, 0.3) is 0 Å². The highest BCUT2D eigenvalue weighted by Crippen LogP contribution is 2.29. The number of hydrogen-bond donors (Lipinski definition) is 1. The lowest BCUT2D eigenvalue weighted by atomic mass is 9.91. The molecule has 14 heavy (non-hydrogen) atoms. The van der Waals surface area contributed by atoms with Gasteiger partial charge in [-0.15, -0.1) is 0 Å². The third-order valence-corrected chi connectivity index (χ3v) is 2.27. The van der Waals surface area contributed by atoms with Crippen LogP contribution in [0.2, 0.25) is 0 Å². The molecule has 0 aliphatic carbocycles. The van der Waals surface area contributed by atoms with Crippen LogP contribution in [0.4, 0.5) is 10.1 Å². The maximum absolute atomic E-state index is 13.6. The van der Waals surface area contributed by atoms with Gasteiger partial charge in [-0.1, -0.05) is 12.1 Å². The minimum Gasteiger partial charge on any atom is -0.322 e. The second-order valence-corrected chi connectivity index (χ2v) is 3.33. The summed E-state index contributed by atoms with van der Waals surface area (Å²) in [6, 6.07) is 6.37. The van der Waals surface area contributed by atoms with Crippen molar-refractivity contribution in [2.45, 2.75) is 12.6 Å². The van der Waals surface area contributed by atoms with Crippen molar-refractivity contribution in [3.05, 3.63) is 29.8 Å². The number of Topliss-reactive ketones (excluding diaryl/α,β-unsaturated/α-hetero) is 1. The minimum absolute atomic E-state index is 0.220. The topological polar surface area (TPSA) is 46.2 Å². The summed E-state index contributed by atoms with van der Waals surface area (Å²) in [6.07, 6.45) is 0. The molecule has 0 radical (unpaired) electrons. The lowest BCUT2D eigenvalue weighted by molar-refractivity contribution is -0.124. The molecule has 0 saturated heterocycles. The highest BCUT2D eigenvalue weighted by atomic mass is 19.1. The Labute approximate surface area is 79.9 Å². The largest absolute Gasteiger partial charge is 0.322 e. The summed E-state index contributed by atoms with van der Waals surface area (Å²) < 4.78 is 13.6. The van der Waals surface area contributed by atoms with Crippen molar-refractivity contribution in [1.29, 1.82) is 0 Å². The van der Waals surface area contributed by atoms with Crippen LogP contribution in [-0.4, -0.2) is 17.4 Å². The van der Waals surface area contributed by atoms with E-state index in [0.29, 0.717) is 5.69 Å². The third kappa shape index (κ3) is 1.04. The molecule has 0 aromatic heterocycles. The monoisotopic (exact) mass is 193 g/mol. The van der Waals surface area contributed by atoms with E-state index in [0.717, 1.165) is 6.92 Å². The summed E-state index contributed by atoms with van der Waals surface area (Å²) in [4.78, 5) is 22.7. The zero-order valence-corrected chi connectivity index (χ0v) is 7.50. The number of alkyl halides is 1. The van der Waals surface area contributed by atoms with Crippen molar-refractivity contribution in [1.82, 2.24) is 0 Å². The number of hydrogen-bond acceptors (Lipinski definition) is 2. The van der Waals surface area contributed by atoms with E-state index in [-0.39, 0.29) is 5.56 Å². The molecule has 4 heteroatoms. The van der Waals surface area contributed by atoms with Crippen LogP contribution >= 0.6 is 0 Å². The van der Waals surface area contributed by atoms with Crippen LogP contribution in [0.1, 0.15) is 17.3 Å². The number of halogens is 1. The standard InChI is InChI=1S/C10H8FNO2/c1-10(11)8(13)6-4-2-3-5-7(6)12-9(10)14/h2-5H,1H3,(H,12,14). The lowest BCUT2D eigenvalue weighted by Gasteiger charge is -2.25. The van der Waals surface area contributed by atoms with E-state index in [1.807, 2.05) is 0 Å². The van der Waals surface area contributed by atoms with E-state index in [1.165, 1.54) is 6.07 Å². The molecular formula is C10H8FNO2. The maximum Gasteiger partial charge on any atom is 0.269 e. The molecule has 0 saturated carbocycles. The molecule has 1 aliphatic heterocycles. The van der Waals surface area contributed by atoms with Crippen molar-refractivity contribution in [2.24, 2.45) is 0 Å². The number of amides is 1.